The molecule has 0 fully saturated rings. The van der Waals surface area contributed by atoms with Crippen molar-refractivity contribution < 1.29 is 28.6 Å². The summed E-state index contributed by atoms with van der Waals surface area (Å²) in [5, 5.41) is 15.4. The molecule has 0 atom stereocenters. The van der Waals surface area contributed by atoms with Gasteiger partial charge in [0.25, 0.3) is 0 Å². The quantitative estimate of drug-likeness (QED) is 0.259. The van der Waals surface area contributed by atoms with E-state index in [2.05, 4.69) is 10.5 Å². The van der Waals surface area contributed by atoms with Crippen molar-refractivity contribution in [1.29, 1.82) is 0 Å². The molecule has 1 aromatic heterocycles. The molecule has 2 aromatic carbocycles. The van der Waals surface area contributed by atoms with Gasteiger partial charge < -0.3 is 19.0 Å². The number of ketones is 2. The Morgan fingerprint density at radius 1 is 1.17 bits per heavy atom. The molecule has 0 aliphatic heterocycles. The molecule has 0 aliphatic carbocycles. The number of nitrogens with zero attached hydrogens (tertiary/aromatic N) is 1. The van der Waals surface area contributed by atoms with E-state index in [9.17, 15) is 14.7 Å². The molecule has 0 aliphatic rings. The number of phenolic OH excluding ortho intramolecular Hbond substituents is 1. The molecule has 1 heterocycles. The van der Waals surface area contributed by atoms with E-state index in [1.165, 1.54) is 27.4 Å². The Morgan fingerprint density at radius 3 is 2.52 bits per heavy atom. The molecule has 150 valence electrons. The average Bonchev–Trinajstić information content (AvgIpc) is 3.16. The summed E-state index contributed by atoms with van der Waals surface area (Å²) >= 11 is 5.92. The topological polar surface area (TPSA) is 110 Å². The third kappa shape index (κ3) is 3.74. The molecule has 3 rings (SSSR count). The first-order valence-electron chi connectivity index (χ1n) is 8.38. The minimum Gasteiger partial charge on any atom is -0.504 e. The number of anilines is 1. The van der Waals surface area contributed by atoms with Crippen molar-refractivity contribution in [2.45, 2.75) is 6.92 Å². The van der Waals surface area contributed by atoms with E-state index in [0.29, 0.717) is 16.1 Å². The van der Waals surface area contributed by atoms with Crippen LogP contribution in [0.25, 0.3) is 11.0 Å². The minimum atomic E-state index is -0.845. The molecule has 0 amide bonds. The summed E-state index contributed by atoms with van der Waals surface area (Å²) in [5.41, 5.74) is 2.60. The number of carbonyl (C=O) groups is 2. The van der Waals surface area contributed by atoms with Gasteiger partial charge in [-0.25, -0.2) is 0 Å². The van der Waals surface area contributed by atoms with E-state index in [1.807, 2.05) is 0 Å². The van der Waals surface area contributed by atoms with Gasteiger partial charge in [-0.1, -0.05) is 17.7 Å². The van der Waals surface area contributed by atoms with Crippen LogP contribution in [-0.4, -0.2) is 36.6 Å². The number of furan rings is 1. The molecule has 3 aromatic rings. The normalized spacial score (nSPS) is 11.4. The molecular weight excluding hydrogens is 400 g/mol. The predicted molar refractivity (Wildman–Crippen MR) is 109 cm³/mol. The fourth-order valence-corrected chi connectivity index (χ4v) is 3.02. The van der Waals surface area contributed by atoms with Crippen LogP contribution in [0.15, 0.2) is 46.1 Å². The van der Waals surface area contributed by atoms with Gasteiger partial charge in [0.1, 0.15) is 11.3 Å². The summed E-state index contributed by atoms with van der Waals surface area (Å²) in [6, 6.07) is 8.15. The van der Waals surface area contributed by atoms with Crippen LogP contribution in [0.3, 0.4) is 0 Å². The van der Waals surface area contributed by atoms with E-state index in [1.54, 1.807) is 30.3 Å². The van der Waals surface area contributed by atoms with Crippen molar-refractivity contribution in [3.8, 4) is 17.2 Å². The maximum Gasteiger partial charge on any atom is 0.224 e. The van der Waals surface area contributed by atoms with Gasteiger partial charge in [-0.3, -0.25) is 15.0 Å². The molecular formula is C20H17ClN2O6. The maximum atomic E-state index is 13.2. The monoisotopic (exact) mass is 416 g/mol. The second-order valence-electron chi connectivity index (χ2n) is 5.92. The number of rotatable bonds is 7. The van der Waals surface area contributed by atoms with Gasteiger partial charge in [-0.15, -0.1) is 0 Å². The van der Waals surface area contributed by atoms with Crippen LogP contribution in [0.4, 0.5) is 5.69 Å². The van der Waals surface area contributed by atoms with Gasteiger partial charge in [0, 0.05) is 11.9 Å². The van der Waals surface area contributed by atoms with Gasteiger partial charge in [0.2, 0.25) is 11.5 Å². The number of hydrogen-bond donors (Lipinski definition) is 2. The summed E-state index contributed by atoms with van der Waals surface area (Å²) in [6.07, 6.45) is 1.37. The first kappa shape index (κ1) is 20.2. The van der Waals surface area contributed by atoms with Crippen LogP contribution in [0.2, 0.25) is 5.02 Å². The van der Waals surface area contributed by atoms with Crippen molar-refractivity contribution in [2.75, 3.05) is 19.6 Å². The first-order chi connectivity index (χ1) is 13.9. The van der Waals surface area contributed by atoms with Crippen molar-refractivity contribution in [2.24, 2.45) is 5.10 Å². The van der Waals surface area contributed by atoms with Gasteiger partial charge in [0.15, 0.2) is 22.8 Å². The zero-order valence-electron chi connectivity index (χ0n) is 15.8. The Labute approximate surface area is 170 Å². The third-order valence-corrected chi connectivity index (χ3v) is 4.34. The number of Topliss-reactive ketones (excluding diaryl/α,β-unsaturated/α-hetero) is 2. The van der Waals surface area contributed by atoms with Crippen LogP contribution in [0.5, 0.6) is 17.2 Å². The summed E-state index contributed by atoms with van der Waals surface area (Å²) in [6.45, 7) is 1.19. The zero-order chi connectivity index (χ0) is 21.1. The molecule has 8 nitrogen and oxygen atoms in total. The number of hydrogen-bond acceptors (Lipinski definition) is 8. The largest absolute Gasteiger partial charge is 0.504 e. The molecule has 0 radical (unpaired) electrons. The summed E-state index contributed by atoms with van der Waals surface area (Å²) < 4.78 is 15.8. The number of nitrogens with one attached hydrogen (secondary N) is 1. The lowest BCUT2D eigenvalue weighted by atomic mass is 9.99. The fraction of sp³-hybridized carbons (Fsp3) is 0.150. The minimum absolute atomic E-state index is 0.0359. The average molecular weight is 417 g/mol. The zero-order valence-corrected chi connectivity index (χ0v) is 16.5. The summed E-state index contributed by atoms with van der Waals surface area (Å²) in [5.74, 6) is -2.00. The molecule has 2 N–H and O–H groups in total. The van der Waals surface area contributed by atoms with Crippen LogP contribution in [0, 0.1) is 0 Å². The van der Waals surface area contributed by atoms with Gasteiger partial charge >= 0.3 is 0 Å². The van der Waals surface area contributed by atoms with Gasteiger partial charge in [-0.05, 0) is 24.3 Å². The van der Waals surface area contributed by atoms with Crippen molar-refractivity contribution in [1.82, 2.24) is 0 Å². The summed E-state index contributed by atoms with van der Waals surface area (Å²) in [7, 11) is 2.65. The predicted octanol–water partition coefficient (Wildman–Crippen LogP) is 4.05. The van der Waals surface area contributed by atoms with Crippen LogP contribution in [0.1, 0.15) is 17.3 Å². The second-order valence-corrected chi connectivity index (χ2v) is 6.36. The maximum absolute atomic E-state index is 13.2. The van der Waals surface area contributed by atoms with Gasteiger partial charge in [0.05, 0.1) is 31.6 Å². The Bertz CT molecular complexity index is 1140. The highest BCUT2D eigenvalue weighted by molar-refractivity contribution is 6.69. The number of phenols is 1. The number of ether oxygens (including phenoxy) is 2. The molecule has 29 heavy (non-hydrogen) atoms. The van der Waals surface area contributed by atoms with E-state index < -0.39 is 23.0 Å². The number of aromatic hydroxyl groups is 1. The molecule has 0 saturated carbocycles. The van der Waals surface area contributed by atoms with Crippen LogP contribution >= 0.6 is 11.6 Å². The number of hydrazone groups is 1. The SMILES string of the molecule is COc1c(C(=O)/C(=N\Nc2cccc(Cl)c2)C(C)=O)c(O)c(OC)c2occc12. The van der Waals surface area contributed by atoms with E-state index >= 15 is 0 Å². The highest BCUT2D eigenvalue weighted by Crippen LogP contribution is 2.45. The molecule has 0 spiro atoms. The lowest BCUT2D eigenvalue weighted by Gasteiger charge is -2.14. The Morgan fingerprint density at radius 2 is 1.90 bits per heavy atom. The lowest BCUT2D eigenvalue weighted by molar-refractivity contribution is -0.111. The molecule has 9 heteroatoms. The molecule has 0 bridgehead atoms. The summed E-state index contributed by atoms with van der Waals surface area (Å²) in [4.78, 5) is 25.3. The number of halogens is 1. The Balaban J connectivity index is 2.13. The van der Waals surface area contributed by atoms with Crippen LogP contribution in [-0.2, 0) is 4.79 Å². The number of fused-ring (bicyclic) bond motifs is 1. The first-order valence-corrected chi connectivity index (χ1v) is 8.75. The van der Waals surface area contributed by atoms with Crippen molar-refractivity contribution >= 4 is 45.5 Å². The number of methoxy groups -OCH3 is 2. The standard InChI is InChI=1S/C20H17ClN2O6/c1-10(24)15(23-22-12-6-4-5-11(21)9-12)16(25)14-17(26)20(28-3)19-13(7-8-29-19)18(14)27-2/h4-9,22,26H,1-3H3/b23-15-. The van der Waals surface area contributed by atoms with Crippen molar-refractivity contribution in [3.63, 3.8) is 0 Å². The van der Waals surface area contributed by atoms with Crippen LogP contribution < -0.4 is 14.9 Å². The van der Waals surface area contributed by atoms with Crippen molar-refractivity contribution in [3.05, 3.63) is 47.2 Å². The van der Waals surface area contributed by atoms with Gasteiger partial charge in [-0.2, -0.15) is 5.10 Å². The fourth-order valence-electron chi connectivity index (χ4n) is 2.83. The lowest BCUT2D eigenvalue weighted by Crippen LogP contribution is -2.24. The highest BCUT2D eigenvalue weighted by Gasteiger charge is 2.31. The van der Waals surface area contributed by atoms with E-state index in [0.717, 1.165) is 0 Å². The number of benzene rings is 2. The highest BCUT2D eigenvalue weighted by atomic mass is 35.5. The third-order valence-electron chi connectivity index (χ3n) is 4.10. The van der Waals surface area contributed by atoms with E-state index in [-0.39, 0.29) is 22.6 Å². The molecule has 0 saturated heterocycles. The second kappa shape index (κ2) is 8.24. The smallest absolute Gasteiger partial charge is 0.224 e. The Kier molecular flexibility index (Phi) is 5.74. The molecule has 0 unspecified atom stereocenters. The Hall–Kier alpha value is -3.52. The number of carbonyl (C=O) groups excluding carboxylic acids is 2. The van der Waals surface area contributed by atoms with E-state index in [4.69, 9.17) is 25.5 Å².